The standard InChI is InChI=1S/C16H25N3O2/c1-12-9-14-15(10-13(12)2)19(5-4-7-20)16(17-14)11-18(3)6-8-21/h9-10,20-21H,4-8,11H2,1-3H3. The zero-order valence-corrected chi connectivity index (χ0v) is 13.1. The van der Waals surface area contributed by atoms with Crippen LogP contribution in [0.2, 0.25) is 0 Å². The normalized spacial score (nSPS) is 11.7. The van der Waals surface area contributed by atoms with Crippen molar-refractivity contribution in [1.29, 1.82) is 0 Å². The van der Waals surface area contributed by atoms with Crippen LogP contribution in [0.5, 0.6) is 0 Å². The first-order valence-electron chi connectivity index (χ1n) is 7.43. The van der Waals surface area contributed by atoms with Gasteiger partial charge in [0.15, 0.2) is 0 Å². The topological polar surface area (TPSA) is 61.5 Å². The van der Waals surface area contributed by atoms with Gasteiger partial charge in [-0.15, -0.1) is 0 Å². The van der Waals surface area contributed by atoms with Crippen LogP contribution in [0.3, 0.4) is 0 Å². The summed E-state index contributed by atoms with van der Waals surface area (Å²) in [5.74, 6) is 0.986. The quantitative estimate of drug-likeness (QED) is 0.811. The summed E-state index contributed by atoms with van der Waals surface area (Å²) in [5, 5.41) is 18.2. The number of aryl methyl sites for hydroxylation is 3. The van der Waals surface area contributed by atoms with Crippen molar-refractivity contribution in [2.24, 2.45) is 0 Å². The van der Waals surface area contributed by atoms with E-state index in [1.165, 1.54) is 11.1 Å². The van der Waals surface area contributed by atoms with Gasteiger partial charge in [-0.1, -0.05) is 0 Å². The van der Waals surface area contributed by atoms with E-state index in [9.17, 15) is 0 Å². The molecule has 2 N–H and O–H groups in total. The first-order valence-corrected chi connectivity index (χ1v) is 7.43. The number of rotatable bonds is 7. The molecule has 0 fully saturated rings. The number of fused-ring (bicyclic) bond motifs is 1. The summed E-state index contributed by atoms with van der Waals surface area (Å²) in [6.45, 7) is 6.61. The van der Waals surface area contributed by atoms with Gasteiger partial charge in [-0.3, -0.25) is 4.90 Å². The van der Waals surface area contributed by atoms with Crippen molar-refractivity contribution in [1.82, 2.24) is 14.5 Å². The molecule has 0 radical (unpaired) electrons. The van der Waals surface area contributed by atoms with Crippen LogP contribution in [0, 0.1) is 13.8 Å². The minimum atomic E-state index is 0.144. The van der Waals surface area contributed by atoms with E-state index < -0.39 is 0 Å². The van der Waals surface area contributed by atoms with Gasteiger partial charge in [0.1, 0.15) is 5.82 Å². The number of aliphatic hydroxyl groups is 2. The zero-order chi connectivity index (χ0) is 15.4. The fraction of sp³-hybridized carbons (Fsp3) is 0.562. The van der Waals surface area contributed by atoms with E-state index in [-0.39, 0.29) is 13.2 Å². The van der Waals surface area contributed by atoms with Crippen LogP contribution in [0.1, 0.15) is 23.4 Å². The van der Waals surface area contributed by atoms with Gasteiger partial charge >= 0.3 is 0 Å². The molecule has 0 amide bonds. The van der Waals surface area contributed by atoms with Crippen molar-refractivity contribution in [3.05, 3.63) is 29.1 Å². The fourth-order valence-corrected chi connectivity index (χ4v) is 2.52. The zero-order valence-electron chi connectivity index (χ0n) is 13.1. The Labute approximate surface area is 125 Å². The van der Waals surface area contributed by atoms with Crippen molar-refractivity contribution in [2.75, 3.05) is 26.8 Å². The maximum atomic E-state index is 9.12. The summed E-state index contributed by atoms with van der Waals surface area (Å²) in [6, 6.07) is 4.29. The molecule has 0 aliphatic carbocycles. The van der Waals surface area contributed by atoms with E-state index in [4.69, 9.17) is 15.2 Å². The Morgan fingerprint density at radius 1 is 1.14 bits per heavy atom. The molecule has 0 bridgehead atoms. The number of aromatic nitrogens is 2. The van der Waals surface area contributed by atoms with Gasteiger partial charge in [0, 0.05) is 19.7 Å². The average Bonchev–Trinajstić information content (AvgIpc) is 2.74. The van der Waals surface area contributed by atoms with E-state index in [2.05, 4.69) is 35.4 Å². The van der Waals surface area contributed by atoms with Crippen LogP contribution in [-0.4, -0.2) is 51.5 Å². The van der Waals surface area contributed by atoms with Gasteiger partial charge in [-0.05, 0) is 50.6 Å². The lowest BCUT2D eigenvalue weighted by molar-refractivity contribution is 0.212. The second-order valence-corrected chi connectivity index (χ2v) is 5.64. The first kappa shape index (κ1) is 15.9. The second kappa shape index (κ2) is 7.02. The van der Waals surface area contributed by atoms with Gasteiger partial charge in [-0.2, -0.15) is 0 Å². The predicted molar refractivity (Wildman–Crippen MR) is 84.3 cm³/mol. The molecule has 116 valence electrons. The van der Waals surface area contributed by atoms with Gasteiger partial charge in [0.05, 0.1) is 24.2 Å². The van der Waals surface area contributed by atoms with Gasteiger partial charge in [-0.25, -0.2) is 4.98 Å². The molecular weight excluding hydrogens is 266 g/mol. The van der Waals surface area contributed by atoms with Crippen molar-refractivity contribution in [2.45, 2.75) is 33.4 Å². The highest BCUT2D eigenvalue weighted by molar-refractivity contribution is 5.78. The lowest BCUT2D eigenvalue weighted by atomic mass is 10.1. The number of hydrogen-bond acceptors (Lipinski definition) is 4. The third kappa shape index (κ3) is 3.61. The van der Waals surface area contributed by atoms with E-state index in [0.29, 0.717) is 13.1 Å². The fourth-order valence-electron chi connectivity index (χ4n) is 2.52. The summed E-state index contributed by atoms with van der Waals surface area (Å²) in [6.07, 6.45) is 0.717. The Hall–Kier alpha value is -1.43. The van der Waals surface area contributed by atoms with Gasteiger partial charge in [0.2, 0.25) is 0 Å². The van der Waals surface area contributed by atoms with Crippen molar-refractivity contribution < 1.29 is 10.2 Å². The summed E-state index contributed by atoms with van der Waals surface area (Å²) in [7, 11) is 1.97. The molecule has 1 heterocycles. The number of hydrogen-bond donors (Lipinski definition) is 2. The number of nitrogens with zero attached hydrogens (tertiary/aromatic N) is 3. The Morgan fingerprint density at radius 2 is 1.86 bits per heavy atom. The monoisotopic (exact) mass is 291 g/mol. The highest BCUT2D eigenvalue weighted by Crippen LogP contribution is 2.22. The molecule has 2 aromatic rings. The molecule has 5 nitrogen and oxygen atoms in total. The molecule has 1 aromatic carbocycles. The predicted octanol–water partition coefficient (Wildman–Crippen LogP) is 1.46. The largest absolute Gasteiger partial charge is 0.396 e. The highest BCUT2D eigenvalue weighted by Gasteiger charge is 2.13. The Balaban J connectivity index is 2.41. The Morgan fingerprint density at radius 3 is 2.52 bits per heavy atom. The number of likely N-dealkylation sites (N-methyl/N-ethyl adjacent to an activating group) is 1. The molecule has 2 rings (SSSR count). The summed E-state index contributed by atoms with van der Waals surface area (Å²) in [4.78, 5) is 6.80. The minimum absolute atomic E-state index is 0.144. The first-order chi connectivity index (χ1) is 10.1. The van der Waals surface area contributed by atoms with E-state index in [0.717, 1.165) is 29.8 Å². The van der Waals surface area contributed by atoms with Crippen molar-refractivity contribution in [3.8, 4) is 0 Å². The van der Waals surface area contributed by atoms with Crippen LogP contribution in [0.4, 0.5) is 0 Å². The van der Waals surface area contributed by atoms with Crippen LogP contribution in [-0.2, 0) is 13.1 Å². The minimum Gasteiger partial charge on any atom is -0.396 e. The summed E-state index contributed by atoms with van der Waals surface area (Å²) < 4.78 is 2.19. The number of imidazole rings is 1. The molecule has 0 saturated carbocycles. The molecular formula is C16H25N3O2. The Bertz CT molecular complexity index is 607. The van der Waals surface area contributed by atoms with Crippen molar-refractivity contribution in [3.63, 3.8) is 0 Å². The third-order valence-electron chi connectivity index (χ3n) is 3.88. The number of aliphatic hydroxyl groups excluding tert-OH is 2. The lowest BCUT2D eigenvalue weighted by Gasteiger charge is -2.16. The van der Waals surface area contributed by atoms with Crippen LogP contribution in [0.25, 0.3) is 11.0 Å². The van der Waals surface area contributed by atoms with E-state index in [1.807, 2.05) is 7.05 Å². The van der Waals surface area contributed by atoms with E-state index >= 15 is 0 Å². The maximum absolute atomic E-state index is 9.12. The molecule has 5 heteroatoms. The SMILES string of the molecule is Cc1cc2nc(CN(C)CCO)n(CCCO)c2cc1C. The van der Waals surface area contributed by atoms with Gasteiger partial charge in [0.25, 0.3) is 0 Å². The Kier molecular flexibility index (Phi) is 5.33. The molecule has 0 atom stereocenters. The molecule has 0 aliphatic heterocycles. The van der Waals surface area contributed by atoms with Crippen LogP contribution in [0.15, 0.2) is 12.1 Å². The second-order valence-electron chi connectivity index (χ2n) is 5.64. The molecule has 1 aromatic heterocycles. The average molecular weight is 291 g/mol. The molecule has 0 unspecified atom stereocenters. The maximum Gasteiger partial charge on any atom is 0.124 e. The molecule has 0 aliphatic rings. The summed E-state index contributed by atoms with van der Waals surface area (Å²) >= 11 is 0. The smallest absolute Gasteiger partial charge is 0.124 e. The highest BCUT2D eigenvalue weighted by atomic mass is 16.3. The third-order valence-corrected chi connectivity index (χ3v) is 3.88. The van der Waals surface area contributed by atoms with Gasteiger partial charge < -0.3 is 14.8 Å². The van der Waals surface area contributed by atoms with Crippen molar-refractivity contribution >= 4 is 11.0 Å². The molecule has 0 spiro atoms. The number of benzene rings is 1. The van der Waals surface area contributed by atoms with E-state index in [1.54, 1.807) is 0 Å². The molecule has 0 saturated heterocycles. The van der Waals surface area contributed by atoms with Crippen LogP contribution >= 0.6 is 0 Å². The summed E-state index contributed by atoms with van der Waals surface area (Å²) in [5.41, 5.74) is 4.62. The van der Waals surface area contributed by atoms with Crippen LogP contribution < -0.4 is 0 Å². The molecule has 21 heavy (non-hydrogen) atoms. The lowest BCUT2D eigenvalue weighted by Crippen LogP contribution is -2.23.